The lowest BCUT2D eigenvalue weighted by atomic mass is 9.88. The van der Waals surface area contributed by atoms with Gasteiger partial charge in [0, 0.05) is 19.2 Å². The van der Waals surface area contributed by atoms with Crippen LogP contribution in [-0.4, -0.2) is 18.3 Å². The second kappa shape index (κ2) is 8.38. The zero-order chi connectivity index (χ0) is 15.0. The average Bonchev–Trinajstić information content (AvgIpc) is 2.40. The summed E-state index contributed by atoms with van der Waals surface area (Å²) in [6.45, 7) is 7.54. The average molecular weight is 281 g/mol. The monoisotopic (exact) mass is 281 g/mol. The maximum atomic E-state index is 13.0. The van der Waals surface area contributed by atoms with Crippen molar-refractivity contribution >= 4 is 0 Å². The summed E-state index contributed by atoms with van der Waals surface area (Å²) < 4.78 is 13.0. The largest absolute Gasteiger partial charge is 0.396 e. The normalized spacial score (nSPS) is 13.4. The molecule has 0 fully saturated rings. The molecule has 0 bridgehead atoms. The van der Waals surface area contributed by atoms with E-state index >= 15 is 0 Å². The van der Waals surface area contributed by atoms with Crippen molar-refractivity contribution in [3.63, 3.8) is 0 Å². The van der Waals surface area contributed by atoms with Gasteiger partial charge in [0.2, 0.25) is 0 Å². The summed E-state index contributed by atoms with van der Waals surface area (Å²) in [5, 5.41) is 12.7. The van der Waals surface area contributed by atoms with Crippen LogP contribution in [0.4, 0.5) is 4.39 Å². The Kier molecular flexibility index (Phi) is 7.17. The molecule has 3 heteroatoms. The molecule has 1 atom stereocenters. The van der Waals surface area contributed by atoms with Gasteiger partial charge in [-0.2, -0.15) is 0 Å². The SMILES string of the molecule is CCCCC(NCC(C)(C)CCO)c1ccc(F)cc1. The number of unbranched alkanes of at least 4 members (excludes halogenated alkanes) is 1. The molecule has 20 heavy (non-hydrogen) atoms. The molecule has 0 aromatic heterocycles. The van der Waals surface area contributed by atoms with Crippen molar-refractivity contribution in [3.05, 3.63) is 35.6 Å². The third-order valence-corrected chi connectivity index (χ3v) is 3.73. The molecule has 0 radical (unpaired) electrons. The number of halogens is 1. The summed E-state index contributed by atoms with van der Waals surface area (Å²) in [6.07, 6.45) is 4.14. The third kappa shape index (κ3) is 6.02. The van der Waals surface area contributed by atoms with Gasteiger partial charge in [0.15, 0.2) is 0 Å². The van der Waals surface area contributed by atoms with Crippen molar-refractivity contribution in [1.82, 2.24) is 5.32 Å². The molecule has 0 aliphatic heterocycles. The number of rotatable bonds is 9. The second-order valence-corrected chi connectivity index (χ2v) is 6.27. The van der Waals surface area contributed by atoms with Crippen molar-refractivity contribution in [2.75, 3.05) is 13.2 Å². The van der Waals surface area contributed by atoms with Crippen LogP contribution >= 0.6 is 0 Å². The molecule has 0 spiro atoms. The van der Waals surface area contributed by atoms with E-state index in [2.05, 4.69) is 26.1 Å². The minimum Gasteiger partial charge on any atom is -0.396 e. The highest BCUT2D eigenvalue weighted by Crippen LogP contribution is 2.24. The van der Waals surface area contributed by atoms with Gasteiger partial charge in [0.1, 0.15) is 5.82 Å². The number of aliphatic hydroxyl groups is 1. The van der Waals surface area contributed by atoms with Gasteiger partial charge in [-0.3, -0.25) is 0 Å². The third-order valence-electron chi connectivity index (χ3n) is 3.73. The molecule has 0 aliphatic rings. The Labute approximate surface area is 122 Å². The Morgan fingerprint density at radius 3 is 2.45 bits per heavy atom. The number of hydrogen-bond donors (Lipinski definition) is 2. The molecule has 0 aliphatic carbocycles. The van der Waals surface area contributed by atoms with E-state index in [1.165, 1.54) is 12.1 Å². The van der Waals surface area contributed by atoms with E-state index in [1.807, 2.05) is 12.1 Å². The predicted octanol–water partition coefficient (Wildman–Crippen LogP) is 4.06. The quantitative estimate of drug-likeness (QED) is 0.715. The summed E-state index contributed by atoms with van der Waals surface area (Å²) in [7, 11) is 0. The molecule has 0 heterocycles. The van der Waals surface area contributed by atoms with E-state index in [-0.39, 0.29) is 23.9 Å². The van der Waals surface area contributed by atoms with Crippen LogP contribution in [0.1, 0.15) is 58.1 Å². The fraction of sp³-hybridized carbons (Fsp3) is 0.647. The summed E-state index contributed by atoms with van der Waals surface area (Å²) in [5.41, 5.74) is 1.21. The molecule has 0 amide bonds. The molecule has 0 saturated heterocycles. The van der Waals surface area contributed by atoms with Crippen molar-refractivity contribution in [2.45, 2.75) is 52.5 Å². The molecule has 2 nitrogen and oxygen atoms in total. The van der Waals surface area contributed by atoms with Crippen LogP contribution in [0, 0.1) is 11.2 Å². The highest BCUT2D eigenvalue weighted by Gasteiger charge is 2.19. The zero-order valence-corrected chi connectivity index (χ0v) is 13.0. The summed E-state index contributed by atoms with van der Waals surface area (Å²) in [6, 6.07) is 7.03. The van der Waals surface area contributed by atoms with Crippen LogP contribution in [0.25, 0.3) is 0 Å². The van der Waals surface area contributed by atoms with E-state index in [9.17, 15) is 4.39 Å². The maximum absolute atomic E-state index is 13.0. The van der Waals surface area contributed by atoms with E-state index < -0.39 is 0 Å². The first-order chi connectivity index (χ1) is 9.48. The Morgan fingerprint density at radius 1 is 1.25 bits per heavy atom. The van der Waals surface area contributed by atoms with Crippen molar-refractivity contribution < 1.29 is 9.50 Å². The first kappa shape index (κ1) is 17.1. The lowest BCUT2D eigenvalue weighted by Crippen LogP contribution is -2.33. The fourth-order valence-electron chi connectivity index (χ4n) is 2.28. The van der Waals surface area contributed by atoms with Crippen LogP contribution in [0.15, 0.2) is 24.3 Å². The van der Waals surface area contributed by atoms with Gasteiger partial charge in [-0.25, -0.2) is 4.39 Å². The van der Waals surface area contributed by atoms with E-state index in [0.29, 0.717) is 0 Å². The number of hydrogen-bond acceptors (Lipinski definition) is 2. The fourth-order valence-corrected chi connectivity index (χ4v) is 2.28. The highest BCUT2D eigenvalue weighted by molar-refractivity contribution is 5.20. The smallest absolute Gasteiger partial charge is 0.123 e. The molecule has 0 saturated carbocycles. The van der Waals surface area contributed by atoms with Crippen LogP contribution in [-0.2, 0) is 0 Å². The van der Waals surface area contributed by atoms with Crippen LogP contribution < -0.4 is 5.32 Å². The maximum Gasteiger partial charge on any atom is 0.123 e. The van der Waals surface area contributed by atoms with Gasteiger partial charge >= 0.3 is 0 Å². The molecular weight excluding hydrogens is 253 g/mol. The molecule has 2 N–H and O–H groups in total. The summed E-state index contributed by atoms with van der Waals surface area (Å²) >= 11 is 0. The van der Waals surface area contributed by atoms with Gasteiger partial charge in [-0.15, -0.1) is 0 Å². The van der Waals surface area contributed by atoms with Crippen LogP contribution in [0.5, 0.6) is 0 Å². The lowest BCUT2D eigenvalue weighted by molar-refractivity contribution is 0.201. The van der Waals surface area contributed by atoms with Gasteiger partial charge < -0.3 is 10.4 Å². The molecule has 1 aromatic carbocycles. The number of aliphatic hydroxyl groups excluding tert-OH is 1. The minimum absolute atomic E-state index is 0.0687. The van der Waals surface area contributed by atoms with Gasteiger partial charge in [0.05, 0.1) is 0 Å². The Morgan fingerprint density at radius 2 is 1.90 bits per heavy atom. The summed E-state index contributed by atoms with van der Waals surface area (Å²) in [5.74, 6) is -0.191. The van der Waals surface area contributed by atoms with E-state index in [0.717, 1.165) is 37.8 Å². The standard InChI is InChI=1S/C17H28FNO/c1-4-5-6-16(14-7-9-15(18)10-8-14)19-13-17(2,3)11-12-20/h7-10,16,19-20H,4-6,11-13H2,1-3H3. The highest BCUT2D eigenvalue weighted by atomic mass is 19.1. The minimum atomic E-state index is -0.191. The van der Waals surface area contributed by atoms with Gasteiger partial charge in [-0.1, -0.05) is 45.7 Å². The van der Waals surface area contributed by atoms with Crippen molar-refractivity contribution in [1.29, 1.82) is 0 Å². The van der Waals surface area contributed by atoms with E-state index in [1.54, 1.807) is 0 Å². The molecule has 114 valence electrons. The van der Waals surface area contributed by atoms with Gasteiger partial charge in [0.25, 0.3) is 0 Å². The Hall–Kier alpha value is -0.930. The van der Waals surface area contributed by atoms with Crippen LogP contribution in [0.2, 0.25) is 0 Å². The Bertz CT molecular complexity index is 375. The first-order valence-corrected chi connectivity index (χ1v) is 7.58. The van der Waals surface area contributed by atoms with Crippen molar-refractivity contribution in [3.8, 4) is 0 Å². The molecule has 1 unspecified atom stereocenters. The van der Waals surface area contributed by atoms with Crippen molar-refractivity contribution in [2.24, 2.45) is 5.41 Å². The molecule has 1 rings (SSSR count). The zero-order valence-electron chi connectivity index (χ0n) is 13.0. The second-order valence-electron chi connectivity index (χ2n) is 6.27. The first-order valence-electron chi connectivity index (χ1n) is 7.58. The predicted molar refractivity (Wildman–Crippen MR) is 82.2 cm³/mol. The van der Waals surface area contributed by atoms with E-state index in [4.69, 9.17) is 5.11 Å². The van der Waals surface area contributed by atoms with Gasteiger partial charge in [-0.05, 0) is 36.0 Å². The molecule has 1 aromatic rings. The topological polar surface area (TPSA) is 32.3 Å². The Balaban J connectivity index is 2.67. The van der Waals surface area contributed by atoms with Crippen LogP contribution in [0.3, 0.4) is 0 Å². The molecular formula is C17H28FNO. The number of nitrogens with one attached hydrogen (secondary N) is 1. The number of benzene rings is 1. The summed E-state index contributed by atoms with van der Waals surface area (Å²) in [4.78, 5) is 0. The lowest BCUT2D eigenvalue weighted by Gasteiger charge is -2.28.